The summed E-state index contributed by atoms with van der Waals surface area (Å²) < 4.78 is 46.4. The van der Waals surface area contributed by atoms with E-state index in [-0.39, 0.29) is 24.5 Å². The number of aromatic nitrogens is 2. The fourth-order valence-electron chi connectivity index (χ4n) is 3.40. The van der Waals surface area contributed by atoms with Crippen molar-refractivity contribution in [2.75, 3.05) is 0 Å². The molecule has 39 heavy (non-hydrogen) atoms. The number of hydrogen-bond acceptors (Lipinski definition) is 6. The van der Waals surface area contributed by atoms with Gasteiger partial charge in [-0.15, -0.1) is 11.3 Å². The van der Waals surface area contributed by atoms with E-state index in [9.17, 15) is 27.6 Å². The van der Waals surface area contributed by atoms with Crippen LogP contribution in [0.15, 0.2) is 41.8 Å². The Morgan fingerprint density at radius 2 is 1.77 bits per heavy atom. The van der Waals surface area contributed by atoms with Crippen molar-refractivity contribution >= 4 is 29.2 Å². The fraction of sp³-hybridized carbons (Fsp3) is 0.385. The van der Waals surface area contributed by atoms with Crippen molar-refractivity contribution in [3.8, 4) is 5.69 Å². The van der Waals surface area contributed by atoms with Crippen LogP contribution < -0.4 is 16.0 Å². The number of alkyl carbamates (subject to hydrolysis) is 1. The number of aryl methyl sites for hydroxylation is 1. The second-order valence-electron chi connectivity index (χ2n) is 9.79. The van der Waals surface area contributed by atoms with Crippen LogP contribution in [0.3, 0.4) is 0 Å². The highest BCUT2D eigenvalue weighted by Gasteiger charge is 2.36. The van der Waals surface area contributed by atoms with E-state index in [2.05, 4.69) is 21.0 Å². The van der Waals surface area contributed by atoms with E-state index < -0.39 is 41.4 Å². The zero-order valence-corrected chi connectivity index (χ0v) is 22.9. The van der Waals surface area contributed by atoms with Crippen molar-refractivity contribution in [1.29, 1.82) is 0 Å². The van der Waals surface area contributed by atoms with Crippen LogP contribution in [0.5, 0.6) is 0 Å². The zero-order chi connectivity index (χ0) is 29.0. The summed E-state index contributed by atoms with van der Waals surface area (Å²) >= 11 is 1.17. The quantitative estimate of drug-likeness (QED) is 0.366. The van der Waals surface area contributed by atoms with Crippen molar-refractivity contribution in [3.05, 3.63) is 69.2 Å². The number of halogens is 3. The van der Waals surface area contributed by atoms with Crippen molar-refractivity contribution in [3.63, 3.8) is 0 Å². The second kappa shape index (κ2) is 11.9. The van der Waals surface area contributed by atoms with Crippen molar-refractivity contribution in [2.24, 2.45) is 0 Å². The number of amides is 3. The van der Waals surface area contributed by atoms with E-state index in [0.717, 1.165) is 15.8 Å². The summed E-state index contributed by atoms with van der Waals surface area (Å²) in [5.41, 5.74) is -0.200. The summed E-state index contributed by atoms with van der Waals surface area (Å²) in [6.45, 7) is 8.63. The van der Waals surface area contributed by atoms with Crippen LogP contribution in [0.4, 0.5) is 18.0 Å². The molecule has 0 fully saturated rings. The summed E-state index contributed by atoms with van der Waals surface area (Å²) in [4.78, 5) is 37.8. The summed E-state index contributed by atoms with van der Waals surface area (Å²) in [5, 5.41) is 12.9. The zero-order valence-electron chi connectivity index (χ0n) is 22.1. The minimum absolute atomic E-state index is 0.0477. The van der Waals surface area contributed by atoms with Gasteiger partial charge in [0.05, 0.1) is 12.2 Å². The van der Waals surface area contributed by atoms with Crippen LogP contribution in [0, 0.1) is 6.92 Å². The predicted molar refractivity (Wildman–Crippen MR) is 139 cm³/mol. The summed E-state index contributed by atoms with van der Waals surface area (Å²) in [6.07, 6.45) is -5.49. The number of ether oxygens (including phenoxy) is 1. The molecule has 0 aliphatic carbocycles. The Labute approximate surface area is 227 Å². The molecule has 0 radical (unpaired) electrons. The van der Waals surface area contributed by atoms with Gasteiger partial charge in [0.2, 0.25) is 5.91 Å². The number of rotatable bonds is 8. The molecular formula is C26H30F3N5O4S. The van der Waals surface area contributed by atoms with E-state index in [1.165, 1.54) is 29.7 Å². The second-order valence-corrected chi connectivity index (χ2v) is 10.8. The Hall–Kier alpha value is -3.87. The third-order valence-corrected chi connectivity index (χ3v) is 6.31. The molecule has 3 rings (SSSR count). The molecule has 1 aromatic carbocycles. The molecule has 13 heteroatoms. The summed E-state index contributed by atoms with van der Waals surface area (Å²) in [7, 11) is 0. The molecule has 9 nitrogen and oxygen atoms in total. The normalized spacial score (nSPS) is 12.5. The van der Waals surface area contributed by atoms with Crippen LogP contribution in [-0.2, 0) is 28.8 Å². The van der Waals surface area contributed by atoms with E-state index in [4.69, 9.17) is 4.74 Å². The lowest BCUT2D eigenvalue weighted by molar-refractivity contribution is -0.141. The van der Waals surface area contributed by atoms with Crippen molar-refractivity contribution in [1.82, 2.24) is 25.7 Å². The van der Waals surface area contributed by atoms with Gasteiger partial charge < -0.3 is 20.7 Å². The molecule has 0 unspecified atom stereocenters. The number of carbonyl (C=O) groups excluding carboxylic acids is 3. The van der Waals surface area contributed by atoms with Gasteiger partial charge in [-0.3, -0.25) is 9.59 Å². The molecule has 2 aromatic heterocycles. The lowest BCUT2D eigenvalue weighted by Gasteiger charge is -2.21. The number of nitrogens with one attached hydrogen (secondary N) is 3. The van der Waals surface area contributed by atoms with Gasteiger partial charge in [-0.05, 0) is 51.8 Å². The highest BCUT2D eigenvalue weighted by atomic mass is 32.1. The number of nitrogens with zero attached hydrogens (tertiary/aromatic N) is 2. The summed E-state index contributed by atoms with van der Waals surface area (Å²) in [6, 6.07) is 8.69. The molecule has 3 N–H and O–H groups in total. The molecule has 3 aromatic rings. The van der Waals surface area contributed by atoms with Crippen molar-refractivity contribution < 1.29 is 32.3 Å². The molecule has 0 spiro atoms. The van der Waals surface area contributed by atoms with Crippen molar-refractivity contribution in [2.45, 2.75) is 65.5 Å². The first-order valence-electron chi connectivity index (χ1n) is 12.0. The van der Waals surface area contributed by atoms with Gasteiger partial charge >= 0.3 is 12.3 Å². The highest BCUT2D eigenvalue weighted by Crippen LogP contribution is 2.30. The van der Waals surface area contributed by atoms with Gasteiger partial charge in [-0.2, -0.15) is 18.3 Å². The molecule has 0 bridgehead atoms. The minimum atomic E-state index is -4.75. The van der Waals surface area contributed by atoms with Crippen LogP contribution in [0.25, 0.3) is 5.69 Å². The average molecular weight is 566 g/mol. The third kappa shape index (κ3) is 8.31. The summed E-state index contributed by atoms with van der Waals surface area (Å²) in [5.74, 6) is -1.20. The minimum Gasteiger partial charge on any atom is -0.444 e. The fourth-order valence-corrected chi connectivity index (χ4v) is 4.19. The molecular weight excluding hydrogens is 535 g/mol. The van der Waals surface area contributed by atoms with Gasteiger partial charge in [-0.1, -0.05) is 24.3 Å². The van der Waals surface area contributed by atoms with E-state index >= 15 is 0 Å². The Kier molecular flexibility index (Phi) is 9.05. The number of thiophene rings is 1. The van der Waals surface area contributed by atoms with Gasteiger partial charge in [0, 0.05) is 22.9 Å². The highest BCUT2D eigenvalue weighted by molar-refractivity contribution is 7.10. The first-order chi connectivity index (χ1) is 18.1. The topological polar surface area (TPSA) is 114 Å². The molecule has 0 saturated carbocycles. The largest absolute Gasteiger partial charge is 0.444 e. The molecule has 2 heterocycles. The van der Waals surface area contributed by atoms with E-state index in [1.807, 2.05) is 25.1 Å². The Balaban J connectivity index is 1.71. The third-order valence-electron chi connectivity index (χ3n) is 5.38. The lowest BCUT2D eigenvalue weighted by Crippen LogP contribution is -2.46. The van der Waals surface area contributed by atoms with Crippen LogP contribution in [0.1, 0.15) is 59.9 Å². The van der Waals surface area contributed by atoms with Gasteiger partial charge in [0.15, 0.2) is 5.69 Å². The number of hydrogen-bond donors (Lipinski definition) is 3. The monoisotopic (exact) mass is 565 g/mol. The first kappa shape index (κ1) is 29.7. The molecule has 0 saturated heterocycles. The van der Waals surface area contributed by atoms with Crippen LogP contribution in [-0.4, -0.2) is 39.3 Å². The predicted octanol–water partition coefficient (Wildman–Crippen LogP) is 4.72. The number of alkyl halides is 3. The lowest BCUT2D eigenvalue weighted by atomic mass is 10.1. The van der Waals surface area contributed by atoms with Gasteiger partial charge in [-0.25, -0.2) is 9.48 Å². The Bertz CT molecular complexity index is 1340. The van der Waals surface area contributed by atoms with Gasteiger partial charge in [0.25, 0.3) is 5.91 Å². The molecule has 0 aliphatic heterocycles. The molecule has 1 atom stereocenters. The Morgan fingerprint density at radius 3 is 2.41 bits per heavy atom. The van der Waals surface area contributed by atoms with Gasteiger partial charge in [0.1, 0.15) is 17.3 Å². The number of carbonyl (C=O) groups is 3. The maximum atomic E-state index is 13.4. The first-order valence-corrected chi connectivity index (χ1v) is 12.9. The molecule has 0 aliphatic rings. The van der Waals surface area contributed by atoms with Crippen LogP contribution in [0.2, 0.25) is 0 Å². The molecule has 210 valence electrons. The standard InChI is InChI=1S/C26H30F3N5O4S/c1-15-8-6-7-9-17(15)12-30-23(36)20-11-21(26(27,28)29)33-34(20)18-10-19(39-14-18)13-31-22(35)16(2)32-24(37)38-25(3,4)5/h6-11,14,16H,12-13H2,1-5H3,(H,30,36)(H,31,35)(H,32,37)/t16-/m0/s1. The molecule has 3 amide bonds. The SMILES string of the molecule is Cc1ccccc1CNC(=O)c1cc(C(F)(F)F)nn1-c1csc(CNC(=O)[C@H](C)NC(=O)OC(C)(C)C)c1. The van der Waals surface area contributed by atoms with E-state index in [0.29, 0.717) is 10.9 Å². The number of benzene rings is 1. The van der Waals surface area contributed by atoms with E-state index in [1.54, 1.807) is 26.8 Å². The van der Waals surface area contributed by atoms with Crippen LogP contribution >= 0.6 is 11.3 Å². The Morgan fingerprint density at radius 1 is 1.08 bits per heavy atom. The maximum Gasteiger partial charge on any atom is 0.435 e. The average Bonchev–Trinajstić information content (AvgIpc) is 3.47. The smallest absolute Gasteiger partial charge is 0.435 e. The maximum absolute atomic E-state index is 13.4.